The van der Waals surface area contributed by atoms with E-state index in [1.165, 1.54) is 0 Å². The van der Waals surface area contributed by atoms with Gasteiger partial charge in [-0.05, 0) is 36.8 Å². The van der Waals surface area contributed by atoms with E-state index >= 15 is 0 Å². The predicted molar refractivity (Wildman–Crippen MR) is 73.4 cm³/mol. The number of nitrogens with one attached hydrogen (secondary N) is 2. The molecule has 1 aliphatic heterocycles. The number of aldehydes is 1. The number of carbonyl (C=O) groups is 1. The summed E-state index contributed by atoms with van der Waals surface area (Å²) in [5, 5.41) is 6.57. The second kappa shape index (κ2) is 5.18. The van der Waals surface area contributed by atoms with Gasteiger partial charge in [-0.3, -0.25) is 4.79 Å². The molecule has 1 unspecified atom stereocenters. The SMILES string of the molecule is COc1ccc(C2NC(=S)NC(C)=C2C=O)cc1. The summed E-state index contributed by atoms with van der Waals surface area (Å²) in [5.41, 5.74) is 2.42. The van der Waals surface area contributed by atoms with E-state index in [-0.39, 0.29) is 6.04 Å². The lowest BCUT2D eigenvalue weighted by Gasteiger charge is -2.28. The first-order chi connectivity index (χ1) is 8.65. The van der Waals surface area contributed by atoms with Crippen LogP contribution >= 0.6 is 12.2 Å². The van der Waals surface area contributed by atoms with Crippen molar-refractivity contribution in [3.63, 3.8) is 0 Å². The van der Waals surface area contributed by atoms with Crippen molar-refractivity contribution in [1.29, 1.82) is 0 Å². The lowest BCUT2D eigenvalue weighted by Crippen LogP contribution is -2.43. The number of allylic oxidation sites excluding steroid dienone is 1. The highest BCUT2D eigenvalue weighted by Gasteiger charge is 2.24. The number of thiocarbonyl (C=S) groups is 1. The van der Waals surface area contributed by atoms with Crippen LogP contribution in [0.4, 0.5) is 0 Å². The molecule has 4 nitrogen and oxygen atoms in total. The van der Waals surface area contributed by atoms with Gasteiger partial charge < -0.3 is 15.4 Å². The number of carbonyl (C=O) groups excluding carboxylic acids is 1. The minimum absolute atomic E-state index is 0.206. The molecule has 0 bridgehead atoms. The van der Waals surface area contributed by atoms with Crippen LogP contribution in [0.15, 0.2) is 35.5 Å². The highest BCUT2D eigenvalue weighted by atomic mass is 32.1. The van der Waals surface area contributed by atoms with E-state index in [2.05, 4.69) is 10.6 Å². The van der Waals surface area contributed by atoms with Crippen molar-refractivity contribution in [1.82, 2.24) is 10.6 Å². The number of methoxy groups -OCH3 is 1. The van der Waals surface area contributed by atoms with Crippen molar-refractivity contribution in [3.8, 4) is 5.75 Å². The fraction of sp³-hybridized carbons (Fsp3) is 0.231. The van der Waals surface area contributed by atoms with Gasteiger partial charge in [0.15, 0.2) is 5.11 Å². The molecular formula is C13H14N2O2S. The number of hydrogen-bond donors (Lipinski definition) is 2. The standard InChI is InChI=1S/C13H14N2O2S/c1-8-11(7-16)12(15-13(18)14-8)9-3-5-10(17-2)6-4-9/h3-7,12H,1-2H3,(H2,14,15,18). The molecule has 18 heavy (non-hydrogen) atoms. The highest BCUT2D eigenvalue weighted by molar-refractivity contribution is 7.80. The van der Waals surface area contributed by atoms with Gasteiger partial charge in [-0.1, -0.05) is 12.1 Å². The second-order valence-corrected chi connectivity index (χ2v) is 4.41. The molecule has 5 heteroatoms. The molecule has 0 fully saturated rings. The largest absolute Gasteiger partial charge is 0.497 e. The molecule has 0 saturated carbocycles. The van der Waals surface area contributed by atoms with Crippen molar-refractivity contribution in [2.24, 2.45) is 0 Å². The molecule has 1 aliphatic rings. The molecule has 2 N–H and O–H groups in total. The van der Waals surface area contributed by atoms with E-state index in [0.717, 1.165) is 23.3 Å². The van der Waals surface area contributed by atoms with Gasteiger partial charge in [0.25, 0.3) is 0 Å². The Morgan fingerprint density at radius 3 is 2.56 bits per heavy atom. The number of rotatable bonds is 3. The Kier molecular flexibility index (Phi) is 3.62. The zero-order valence-electron chi connectivity index (χ0n) is 10.2. The van der Waals surface area contributed by atoms with Crippen LogP contribution in [0, 0.1) is 0 Å². The van der Waals surface area contributed by atoms with E-state index in [0.29, 0.717) is 10.7 Å². The average Bonchev–Trinajstić information content (AvgIpc) is 2.38. The van der Waals surface area contributed by atoms with Crippen LogP contribution in [-0.2, 0) is 4.79 Å². The lowest BCUT2D eigenvalue weighted by atomic mass is 9.97. The molecule has 0 aliphatic carbocycles. The van der Waals surface area contributed by atoms with Crippen LogP contribution in [-0.4, -0.2) is 18.5 Å². The summed E-state index contributed by atoms with van der Waals surface area (Å²) in [7, 11) is 1.62. The Labute approximate surface area is 111 Å². The van der Waals surface area contributed by atoms with E-state index < -0.39 is 0 Å². The predicted octanol–water partition coefficient (Wildman–Crippen LogP) is 1.69. The van der Waals surface area contributed by atoms with Gasteiger partial charge in [0.05, 0.1) is 13.2 Å². The van der Waals surface area contributed by atoms with E-state index in [1.54, 1.807) is 7.11 Å². The number of hydrogen-bond acceptors (Lipinski definition) is 3. The van der Waals surface area contributed by atoms with E-state index in [1.807, 2.05) is 31.2 Å². The molecule has 0 saturated heterocycles. The minimum Gasteiger partial charge on any atom is -0.497 e. The molecule has 0 aromatic heterocycles. The van der Waals surface area contributed by atoms with Gasteiger partial charge in [-0.25, -0.2) is 0 Å². The Morgan fingerprint density at radius 1 is 1.33 bits per heavy atom. The normalized spacial score (nSPS) is 19.0. The zero-order valence-corrected chi connectivity index (χ0v) is 11.0. The van der Waals surface area contributed by atoms with Crippen molar-refractivity contribution in [2.45, 2.75) is 13.0 Å². The molecular weight excluding hydrogens is 248 g/mol. The first-order valence-electron chi connectivity index (χ1n) is 5.53. The maximum absolute atomic E-state index is 11.2. The van der Waals surface area contributed by atoms with Crippen molar-refractivity contribution in [3.05, 3.63) is 41.1 Å². The summed E-state index contributed by atoms with van der Waals surface area (Å²) in [6, 6.07) is 7.35. The summed E-state index contributed by atoms with van der Waals surface area (Å²) in [6.07, 6.45) is 0.853. The molecule has 1 heterocycles. The summed E-state index contributed by atoms with van der Waals surface area (Å²) in [5.74, 6) is 0.781. The maximum atomic E-state index is 11.2. The second-order valence-electron chi connectivity index (χ2n) is 4.00. The first kappa shape index (κ1) is 12.6. The van der Waals surface area contributed by atoms with Crippen molar-refractivity contribution < 1.29 is 9.53 Å². The molecule has 1 aromatic rings. The van der Waals surface area contributed by atoms with Crippen LogP contribution in [0.5, 0.6) is 5.75 Å². The van der Waals surface area contributed by atoms with Gasteiger partial charge in [0.2, 0.25) is 0 Å². The quantitative estimate of drug-likeness (QED) is 0.641. The van der Waals surface area contributed by atoms with Crippen LogP contribution in [0.1, 0.15) is 18.5 Å². The Balaban J connectivity index is 2.37. The number of benzene rings is 1. The average molecular weight is 262 g/mol. The maximum Gasteiger partial charge on any atom is 0.171 e. The fourth-order valence-electron chi connectivity index (χ4n) is 1.92. The third-order valence-corrected chi connectivity index (χ3v) is 3.12. The van der Waals surface area contributed by atoms with Gasteiger partial charge >= 0.3 is 0 Å². The molecule has 94 valence electrons. The summed E-state index contributed by atoms with van der Waals surface area (Å²) in [6.45, 7) is 1.84. The highest BCUT2D eigenvalue weighted by Crippen LogP contribution is 2.26. The lowest BCUT2D eigenvalue weighted by molar-refractivity contribution is -0.105. The van der Waals surface area contributed by atoms with Crippen LogP contribution in [0.2, 0.25) is 0 Å². The van der Waals surface area contributed by atoms with Crippen molar-refractivity contribution in [2.75, 3.05) is 7.11 Å². The smallest absolute Gasteiger partial charge is 0.171 e. The van der Waals surface area contributed by atoms with Crippen molar-refractivity contribution >= 4 is 23.6 Å². The first-order valence-corrected chi connectivity index (χ1v) is 5.94. The molecule has 0 spiro atoms. The fourth-order valence-corrected chi connectivity index (χ4v) is 2.19. The summed E-state index contributed by atoms with van der Waals surface area (Å²) in [4.78, 5) is 11.2. The Morgan fingerprint density at radius 2 is 2.00 bits per heavy atom. The third kappa shape index (κ3) is 2.36. The molecule has 2 rings (SSSR count). The topological polar surface area (TPSA) is 50.4 Å². The van der Waals surface area contributed by atoms with Gasteiger partial charge in [0.1, 0.15) is 12.0 Å². The Hall–Kier alpha value is -1.88. The summed E-state index contributed by atoms with van der Waals surface area (Å²) < 4.78 is 5.11. The van der Waals surface area contributed by atoms with Crippen LogP contribution < -0.4 is 15.4 Å². The van der Waals surface area contributed by atoms with Gasteiger partial charge in [-0.15, -0.1) is 0 Å². The molecule has 0 amide bonds. The van der Waals surface area contributed by atoms with Crippen LogP contribution in [0.25, 0.3) is 0 Å². The number of ether oxygens (including phenoxy) is 1. The van der Waals surface area contributed by atoms with Gasteiger partial charge in [0, 0.05) is 11.3 Å². The third-order valence-electron chi connectivity index (χ3n) is 2.90. The zero-order chi connectivity index (χ0) is 13.1. The summed E-state index contributed by atoms with van der Waals surface area (Å²) >= 11 is 5.11. The molecule has 0 radical (unpaired) electrons. The monoisotopic (exact) mass is 262 g/mol. The Bertz CT molecular complexity index is 508. The molecule has 1 aromatic carbocycles. The van der Waals surface area contributed by atoms with Gasteiger partial charge in [-0.2, -0.15) is 0 Å². The minimum atomic E-state index is -0.206. The van der Waals surface area contributed by atoms with Crippen LogP contribution in [0.3, 0.4) is 0 Å². The van der Waals surface area contributed by atoms with E-state index in [9.17, 15) is 4.79 Å². The van der Waals surface area contributed by atoms with E-state index in [4.69, 9.17) is 17.0 Å². The molecule has 1 atom stereocenters.